The predicted molar refractivity (Wildman–Crippen MR) is 116 cm³/mol. The molecule has 0 aliphatic heterocycles. The fourth-order valence-electron chi connectivity index (χ4n) is 3.82. The lowest BCUT2D eigenvalue weighted by Crippen LogP contribution is -2.43. The van der Waals surface area contributed by atoms with Gasteiger partial charge in [0.1, 0.15) is 11.4 Å². The molecule has 1 saturated carbocycles. The van der Waals surface area contributed by atoms with E-state index >= 15 is 0 Å². The van der Waals surface area contributed by atoms with Gasteiger partial charge in [0.05, 0.1) is 12.3 Å². The Hall–Kier alpha value is -1.73. The number of carbonyl (C=O) groups excluding carboxylic acids is 1. The second-order valence-electron chi connectivity index (χ2n) is 10.1. The van der Waals surface area contributed by atoms with Crippen LogP contribution in [0.25, 0.3) is 0 Å². The molecule has 0 saturated heterocycles. The normalized spacial score (nSPS) is 21.2. The van der Waals surface area contributed by atoms with Gasteiger partial charge in [0.2, 0.25) is 0 Å². The van der Waals surface area contributed by atoms with Crippen molar-refractivity contribution in [3.63, 3.8) is 0 Å². The Labute approximate surface area is 180 Å². The highest BCUT2D eigenvalue weighted by atomic mass is 19.1. The minimum absolute atomic E-state index is 0.132. The molecule has 1 aliphatic rings. The van der Waals surface area contributed by atoms with Gasteiger partial charge in [0.15, 0.2) is 0 Å². The van der Waals surface area contributed by atoms with Gasteiger partial charge in [-0.2, -0.15) is 0 Å². The zero-order chi connectivity index (χ0) is 22.4. The minimum Gasteiger partial charge on any atom is -0.444 e. The van der Waals surface area contributed by atoms with Crippen molar-refractivity contribution in [2.24, 2.45) is 5.92 Å². The van der Waals surface area contributed by atoms with Crippen molar-refractivity contribution in [1.82, 2.24) is 15.6 Å². The van der Waals surface area contributed by atoms with Gasteiger partial charge in [-0.05, 0) is 85.1 Å². The molecule has 1 amide bonds. The summed E-state index contributed by atoms with van der Waals surface area (Å²) >= 11 is 0. The van der Waals surface area contributed by atoms with E-state index in [-0.39, 0.29) is 17.7 Å². The highest BCUT2D eigenvalue weighted by molar-refractivity contribution is 5.68. The van der Waals surface area contributed by atoms with E-state index in [0.29, 0.717) is 18.0 Å². The summed E-state index contributed by atoms with van der Waals surface area (Å²) in [5, 5.41) is 16.7. The molecule has 0 bridgehead atoms. The van der Waals surface area contributed by atoms with Crippen LogP contribution in [0.3, 0.4) is 0 Å². The highest BCUT2D eigenvalue weighted by Gasteiger charge is 2.27. The van der Waals surface area contributed by atoms with E-state index in [2.05, 4.69) is 29.5 Å². The molecule has 170 valence electrons. The standard InChI is InChI=1S/C23H38FN3O3/c1-22(2,3)30-21(29)27-19-8-6-16(7-9-19)10-11-23(4,5)26-15-20(28)17-12-18(24)14-25-13-17/h12-14,16,19-20,26,28H,6-11,15H2,1-5H3,(H,27,29)/t16?,19?,20-/m0/s1. The van der Waals surface area contributed by atoms with Crippen molar-refractivity contribution in [3.05, 3.63) is 29.8 Å². The van der Waals surface area contributed by atoms with Gasteiger partial charge < -0.3 is 20.5 Å². The number of carbonyl (C=O) groups is 1. The Bertz CT molecular complexity index is 683. The van der Waals surface area contributed by atoms with Crippen LogP contribution in [-0.2, 0) is 4.74 Å². The number of hydrogen-bond acceptors (Lipinski definition) is 5. The van der Waals surface area contributed by atoms with Gasteiger partial charge in [-0.3, -0.25) is 4.98 Å². The van der Waals surface area contributed by atoms with Gasteiger partial charge in [0.25, 0.3) is 0 Å². The summed E-state index contributed by atoms with van der Waals surface area (Å²) in [5.74, 6) is 0.197. The van der Waals surface area contributed by atoms with Gasteiger partial charge in [0, 0.05) is 29.9 Å². The molecule has 30 heavy (non-hydrogen) atoms. The van der Waals surface area contributed by atoms with E-state index in [1.54, 1.807) is 0 Å². The number of aliphatic hydroxyl groups is 1. The molecule has 0 aromatic carbocycles. The maximum Gasteiger partial charge on any atom is 0.407 e. The molecule has 1 heterocycles. The van der Waals surface area contributed by atoms with Crippen LogP contribution in [0.2, 0.25) is 0 Å². The highest BCUT2D eigenvalue weighted by Crippen LogP contribution is 2.30. The molecule has 1 fully saturated rings. The number of rotatable bonds is 8. The molecule has 1 atom stereocenters. The van der Waals surface area contributed by atoms with Crippen molar-refractivity contribution in [3.8, 4) is 0 Å². The van der Waals surface area contributed by atoms with Crippen LogP contribution in [0.1, 0.15) is 84.8 Å². The number of hydrogen-bond donors (Lipinski definition) is 3. The molecule has 0 radical (unpaired) electrons. The molecule has 2 rings (SSSR count). The number of alkyl carbamates (subject to hydrolysis) is 1. The van der Waals surface area contributed by atoms with Gasteiger partial charge in [-0.15, -0.1) is 0 Å². The Kier molecular flexibility index (Phi) is 8.62. The Morgan fingerprint density at radius 2 is 1.90 bits per heavy atom. The average Bonchev–Trinajstić information content (AvgIpc) is 2.64. The lowest BCUT2D eigenvalue weighted by atomic mass is 9.81. The monoisotopic (exact) mass is 423 g/mol. The smallest absolute Gasteiger partial charge is 0.407 e. The Morgan fingerprint density at radius 1 is 1.23 bits per heavy atom. The van der Waals surface area contributed by atoms with E-state index < -0.39 is 17.5 Å². The second-order valence-corrected chi connectivity index (χ2v) is 10.1. The number of pyridine rings is 1. The molecule has 0 spiro atoms. The van der Waals surface area contributed by atoms with Crippen LogP contribution in [0, 0.1) is 11.7 Å². The number of halogens is 1. The average molecular weight is 424 g/mol. The number of aromatic nitrogens is 1. The molecule has 6 nitrogen and oxygen atoms in total. The first-order valence-electron chi connectivity index (χ1n) is 11.0. The van der Waals surface area contributed by atoms with Crippen molar-refractivity contribution >= 4 is 6.09 Å². The number of aliphatic hydroxyl groups excluding tert-OH is 1. The van der Waals surface area contributed by atoms with Gasteiger partial charge in [-0.25, -0.2) is 9.18 Å². The SMILES string of the molecule is CC(C)(CCC1CCC(NC(=O)OC(C)(C)C)CC1)NC[C@H](O)c1cncc(F)c1. The predicted octanol–water partition coefficient (Wildman–Crippen LogP) is 4.49. The van der Waals surface area contributed by atoms with E-state index in [0.717, 1.165) is 44.7 Å². The van der Waals surface area contributed by atoms with E-state index in [1.807, 2.05) is 20.8 Å². The van der Waals surface area contributed by atoms with Crippen LogP contribution < -0.4 is 10.6 Å². The third-order valence-corrected chi connectivity index (χ3v) is 5.63. The summed E-state index contributed by atoms with van der Waals surface area (Å²) in [7, 11) is 0. The molecule has 3 N–H and O–H groups in total. The first-order chi connectivity index (χ1) is 13.9. The molecule has 1 aromatic rings. The Balaban J connectivity index is 1.68. The molecular weight excluding hydrogens is 385 g/mol. The molecule has 1 aliphatic carbocycles. The zero-order valence-corrected chi connectivity index (χ0v) is 19.0. The molecule has 7 heteroatoms. The van der Waals surface area contributed by atoms with Crippen molar-refractivity contribution in [2.75, 3.05) is 6.54 Å². The second kappa shape index (κ2) is 10.5. The van der Waals surface area contributed by atoms with Crippen LogP contribution in [0.5, 0.6) is 0 Å². The first-order valence-corrected chi connectivity index (χ1v) is 11.0. The summed E-state index contributed by atoms with van der Waals surface area (Å²) in [5.41, 5.74) is -0.125. The largest absolute Gasteiger partial charge is 0.444 e. The maximum absolute atomic E-state index is 13.3. The lowest BCUT2D eigenvalue weighted by molar-refractivity contribution is 0.0486. The fourth-order valence-corrected chi connectivity index (χ4v) is 3.82. The summed E-state index contributed by atoms with van der Waals surface area (Å²) < 4.78 is 18.6. The third kappa shape index (κ3) is 8.96. The van der Waals surface area contributed by atoms with Crippen LogP contribution in [-0.4, -0.2) is 39.9 Å². The summed E-state index contributed by atoms with van der Waals surface area (Å²) in [4.78, 5) is 15.7. The van der Waals surface area contributed by atoms with E-state index in [4.69, 9.17) is 4.74 Å². The maximum atomic E-state index is 13.3. The van der Waals surface area contributed by atoms with E-state index in [9.17, 15) is 14.3 Å². The van der Waals surface area contributed by atoms with Crippen molar-refractivity contribution < 1.29 is 19.0 Å². The molecular formula is C23H38FN3O3. The fraction of sp³-hybridized carbons (Fsp3) is 0.739. The number of nitrogens with one attached hydrogen (secondary N) is 2. The molecule has 0 unspecified atom stereocenters. The summed E-state index contributed by atoms with van der Waals surface area (Å²) in [6.45, 7) is 10.2. The Morgan fingerprint density at radius 3 is 2.50 bits per heavy atom. The molecule has 1 aromatic heterocycles. The summed E-state index contributed by atoms with van der Waals surface area (Å²) in [6, 6.07) is 1.51. The van der Waals surface area contributed by atoms with Crippen LogP contribution in [0.15, 0.2) is 18.5 Å². The lowest BCUT2D eigenvalue weighted by Gasteiger charge is -2.33. The summed E-state index contributed by atoms with van der Waals surface area (Å²) in [6.07, 6.45) is 7.71. The van der Waals surface area contributed by atoms with Crippen LogP contribution >= 0.6 is 0 Å². The van der Waals surface area contributed by atoms with Crippen molar-refractivity contribution in [2.45, 2.75) is 96.4 Å². The zero-order valence-electron chi connectivity index (χ0n) is 19.0. The quantitative estimate of drug-likeness (QED) is 0.574. The van der Waals surface area contributed by atoms with Gasteiger partial charge >= 0.3 is 6.09 Å². The number of ether oxygens (including phenoxy) is 1. The minimum atomic E-state index is -0.790. The van der Waals surface area contributed by atoms with Gasteiger partial charge in [-0.1, -0.05) is 0 Å². The first kappa shape index (κ1) is 24.5. The van der Waals surface area contributed by atoms with Crippen LogP contribution in [0.4, 0.5) is 9.18 Å². The number of β-amino-alcohol motifs (C(OH)–C–C–N with tert-alkyl or cyclic N) is 1. The number of nitrogens with zero attached hydrogens (tertiary/aromatic N) is 1. The number of amides is 1. The van der Waals surface area contributed by atoms with Crippen molar-refractivity contribution in [1.29, 1.82) is 0 Å². The topological polar surface area (TPSA) is 83.5 Å². The third-order valence-electron chi connectivity index (χ3n) is 5.63. The van der Waals surface area contributed by atoms with E-state index in [1.165, 1.54) is 12.3 Å².